The smallest absolute Gasteiger partial charge is 0.156 e. The van der Waals surface area contributed by atoms with Crippen LogP contribution in [-0.4, -0.2) is 46.8 Å². The third-order valence-corrected chi connectivity index (χ3v) is 2.88. The maximum Gasteiger partial charge on any atom is 0.156 e. The van der Waals surface area contributed by atoms with Crippen LogP contribution in [0.4, 0.5) is 0 Å². The summed E-state index contributed by atoms with van der Waals surface area (Å²) in [6.45, 7) is 6.14. The molecule has 0 saturated carbocycles. The molecule has 2 heterocycles. The van der Waals surface area contributed by atoms with Crippen LogP contribution in [-0.2, 0) is 11.3 Å². The second kappa shape index (κ2) is 5.10. The van der Waals surface area contributed by atoms with E-state index < -0.39 is 0 Å². The lowest BCUT2D eigenvalue weighted by Gasteiger charge is -2.29. The van der Waals surface area contributed by atoms with Crippen LogP contribution in [0.5, 0.6) is 0 Å². The number of nitriles is 1. The Morgan fingerprint density at radius 2 is 2.50 bits per heavy atom. The van der Waals surface area contributed by atoms with Gasteiger partial charge in [0, 0.05) is 38.6 Å². The summed E-state index contributed by atoms with van der Waals surface area (Å²) in [6, 6.07) is 2.16. The Balaban J connectivity index is 1.82. The summed E-state index contributed by atoms with van der Waals surface area (Å²) >= 11 is 0. The minimum absolute atomic E-state index is 0.266. The fourth-order valence-electron chi connectivity index (χ4n) is 1.87. The van der Waals surface area contributed by atoms with Gasteiger partial charge in [0.1, 0.15) is 5.82 Å². The molecule has 86 valence electrons. The maximum absolute atomic E-state index is 8.79. The van der Waals surface area contributed by atoms with Crippen LogP contribution < -0.4 is 0 Å². The molecule has 2 rings (SSSR count). The van der Waals surface area contributed by atoms with Crippen LogP contribution in [0.1, 0.15) is 5.82 Å². The number of imidazole rings is 1. The van der Waals surface area contributed by atoms with Gasteiger partial charge in [-0.3, -0.25) is 4.90 Å². The monoisotopic (exact) mass is 220 g/mol. The third-order valence-electron chi connectivity index (χ3n) is 2.88. The van der Waals surface area contributed by atoms with Gasteiger partial charge in [0.15, 0.2) is 6.10 Å². The van der Waals surface area contributed by atoms with Crippen molar-refractivity contribution in [1.82, 2.24) is 14.5 Å². The normalized spacial score (nSPS) is 21.9. The number of aromatic nitrogens is 2. The summed E-state index contributed by atoms with van der Waals surface area (Å²) in [6.07, 6.45) is 3.53. The zero-order valence-electron chi connectivity index (χ0n) is 9.46. The molecular weight excluding hydrogens is 204 g/mol. The number of morpholine rings is 1. The first-order valence-corrected chi connectivity index (χ1v) is 5.51. The number of hydrogen-bond acceptors (Lipinski definition) is 4. The molecule has 1 aromatic heterocycles. The van der Waals surface area contributed by atoms with Crippen LogP contribution in [0, 0.1) is 18.3 Å². The summed E-state index contributed by atoms with van der Waals surface area (Å²) in [5.41, 5.74) is 0. The highest BCUT2D eigenvalue weighted by atomic mass is 16.5. The number of aryl methyl sites for hydroxylation is 1. The van der Waals surface area contributed by atoms with Crippen molar-refractivity contribution in [3.05, 3.63) is 18.2 Å². The van der Waals surface area contributed by atoms with Crippen LogP contribution in [0.15, 0.2) is 12.4 Å². The zero-order valence-corrected chi connectivity index (χ0v) is 9.46. The quantitative estimate of drug-likeness (QED) is 0.740. The van der Waals surface area contributed by atoms with E-state index in [-0.39, 0.29) is 6.10 Å². The molecule has 1 atom stereocenters. The molecule has 1 fully saturated rings. The molecule has 5 nitrogen and oxygen atoms in total. The molecule has 0 bridgehead atoms. The summed E-state index contributed by atoms with van der Waals surface area (Å²) in [4.78, 5) is 6.44. The summed E-state index contributed by atoms with van der Waals surface area (Å²) in [5, 5.41) is 8.79. The van der Waals surface area contributed by atoms with Crippen molar-refractivity contribution < 1.29 is 4.74 Å². The highest BCUT2D eigenvalue weighted by molar-refractivity contribution is 4.91. The molecule has 16 heavy (non-hydrogen) atoms. The van der Waals surface area contributed by atoms with Crippen LogP contribution in [0.3, 0.4) is 0 Å². The SMILES string of the molecule is Cc1nccn1CCN1CCOC(C#N)C1. The van der Waals surface area contributed by atoms with E-state index in [0.717, 1.165) is 25.5 Å². The van der Waals surface area contributed by atoms with Crippen molar-refractivity contribution in [1.29, 1.82) is 5.26 Å². The van der Waals surface area contributed by atoms with Crippen LogP contribution in [0.25, 0.3) is 0 Å². The summed E-state index contributed by atoms with van der Waals surface area (Å²) in [7, 11) is 0. The van der Waals surface area contributed by atoms with Gasteiger partial charge < -0.3 is 9.30 Å². The Hall–Kier alpha value is -1.38. The van der Waals surface area contributed by atoms with Gasteiger partial charge in [-0.25, -0.2) is 4.98 Å². The maximum atomic E-state index is 8.79. The van der Waals surface area contributed by atoms with E-state index in [9.17, 15) is 0 Å². The van der Waals surface area contributed by atoms with Gasteiger partial charge in [-0.05, 0) is 6.92 Å². The van der Waals surface area contributed by atoms with E-state index in [0.29, 0.717) is 13.2 Å². The van der Waals surface area contributed by atoms with E-state index in [4.69, 9.17) is 10.00 Å². The van der Waals surface area contributed by atoms with Crippen molar-refractivity contribution in [2.75, 3.05) is 26.2 Å². The van der Waals surface area contributed by atoms with Crippen LogP contribution in [0.2, 0.25) is 0 Å². The Morgan fingerprint density at radius 1 is 1.62 bits per heavy atom. The Labute approximate surface area is 95.2 Å². The van der Waals surface area contributed by atoms with Gasteiger partial charge in [-0.2, -0.15) is 5.26 Å². The first kappa shape index (κ1) is 11.1. The number of ether oxygens (including phenoxy) is 1. The second-order valence-corrected chi connectivity index (χ2v) is 3.96. The molecule has 1 saturated heterocycles. The van der Waals surface area contributed by atoms with E-state index in [1.54, 1.807) is 0 Å². The first-order chi connectivity index (χ1) is 7.79. The van der Waals surface area contributed by atoms with Gasteiger partial charge in [-0.15, -0.1) is 0 Å². The minimum Gasteiger partial charge on any atom is -0.361 e. The summed E-state index contributed by atoms with van der Waals surface area (Å²) < 4.78 is 7.42. The van der Waals surface area contributed by atoms with Crippen molar-refractivity contribution >= 4 is 0 Å². The fraction of sp³-hybridized carbons (Fsp3) is 0.636. The minimum atomic E-state index is -0.266. The Morgan fingerprint density at radius 3 is 3.19 bits per heavy atom. The van der Waals surface area contributed by atoms with Gasteiger partial charge in [0.05, 0.1) is 12.7 Å². The molecule has 1 aliphatic heterocycles. The zero-order chi connectivity index (χ0) is 11.4. The lowest BCUT2D eigenvalue weighted by Crippen LogP contribution is -2.43. The molecule has 1 unspecified atom stereocenters. The average Bonchev–Trinajstić information content (AvgIpc) is 2.72. The van der Waals surface area contributed by atoms with E-state index in [1.807, 2.05) is 19.3 Å². The first-order valence-electron chi connectivity index (χ1n) is 5.51. The predicted octanol–water partition coefficient (Wildman–Crippen LogP) is 0.416. The fourth-order valence-corrected chi connectivity index (χ4v) is 1.87. The second-order valence-electron chi connectivity index (χ2n) is 3.96. The topological polar surface area (TPSA) is 54.1 Å². The molecule has 0 spiro atoms. The lowest BCUT2D eigenvalue weighted by atomic mass is 10.3. The van der Waals surface area contributed by atoms with Gasteiger partial charge in [0.25, 0.3) is 0 Å². The highest BCUT2D eigenvalue weighted by Crippen LogP contribution is 2.05. The van der Waals surface area contributed by atoms with E-state index in [1.165, 1.54) is 0 Å². The number of rotatable bonds is 3. The van der Waals surface area contributed by atoms with E-state index in [2.05, 4.69) is 20.5 Å². The van der Waals surface area contributed by atoms with Crippen molar-refractivity contribution in [2.24, 2.45) is 0 Å². The average molecular weight is 220 g/mol. The third kappa shape index (κ3) is 2.60. The molecule has 5 heteroatoms. The lowest BCUT2D eigenvalue weighted by molar-refractivity contribution is -0.000588. The van der Waals surface area contributed by atoms with Gasteiger partial charge >= 0.3 is 0 Å². The predicted molar refractivity (Wildman–Crippen MR) is 58.8 cm³/mol. The Kier molecular flexibility index (Phi) is 3.54. The van der Waals surface area contributed by atoms with Gasteiger partial charge in [0.2, 0.25) is 0 Å². The molecule has 1 aliphatic rings. The van der Waals surface area contributed by atoms with Crippen molar-refractivity contribution in [3.8, 4) is 6.07 Å². The van der Waals surface area contributed by atoms with Crippen molar-refractivity contribution in [2.45, 2.75) is 19.6 Å². The largest absolute Gasteiger partial charge is 0.361 e. The van der Waals surface area contributed by atoms with Gasteiger partial charge in [-0.1, -0.05) is 0 Å². The van der Waals surface area contributed by atoms with E-state index >= 15 is 0 Å². The molecule has 0 aliphatic carbocycles. The molecule has 0 N–H and O–H groups in total. The molecule has 0 radical (unpaired) electrons. The Bertz CT molecular complexity index is 382. The molecule has 0 amide bonds. The standard InChI is InChI=1S/C11H16N4O/c1-10-13-2-3-15(10)5-4-14-6-7-16-11(8-12)9-14/h2-3,11H,4-7,9H2,1H3. The number of nitrogens with zero attached hydrogens (tertiary/aromatic N) is 4. The highest BCUT2D eigenvalue weighted by Gasteiger charge is 2.19. The molecule has 1 aromatic rings. The van der Waals surface area contributed by atoms with Crippen LogP contribution >= 0.6 is 0 Å². The summed E-state index contributed by atoms with van der Waals surface area (Å²) in [5.74, 6) is 1.03. The molecule has 0 aromatic carbocycles. The van der Waals surface area contributed by atoms with Crippen molar-refractivity contribution in [3.63, 3.8) is 0 Å². The number of hydrogen-bond donors (Lipinski definition) is 0. The molecular formula is C11H16N4O.